The molecule has 0 spiro atoms. The molecular weight excluding hydrogens is 659 g/mol. The van der Waals surface area contributed by atoms with Crippen molar-refractivity contribution in [2.75, 3.05) is 0 Å². The van der Waals surface area contributed by atoms with Gasteiger partial charge in [0.05, 0.1) is 40.0 Å². The Morgan fingerprint density at radius 1 is 0.722 bits per heavy atom. The van der Waals surface area contributed by atoms with E-state index >= 15 is 0 Å². The lowest BCUT2D eigenvalue weighted by molar-refractivity contribution is 0.606. The molecule has 0 radical (unpaired) electrons. The molecule has 3 aliphatic rings. The lowest BCUT2D eigenvalue weighted by Gasteiger charge is -2.41. The minimum atomic E-state index is -0.237. The molecule has 6 aromatic carbocycles. The molecule has 4 nitrogen and oxygen atoms in total. The number of para-hydroxylation sites is 1. The number of fused-ring (bicyclic) bond motifs is 12. The van der Waals surface area contributed by atoms with Gasteiger partial charge in [0.2, 0.25) is 0 Å². The number of hydrogen-bond acceptors (Lipinski definition) is 3. The van der Waals surface area contributed by atoms with Gasteiger partial charge in [0.1, 0.15) is 11.2 Å². The third-order valence-corrected chi connectivity index (χ3v) is 11.9. The smallest absolute Gasteiger partial charge is 0.137 e. The van der Waals surface area contributed by atoms with E-state index < -0.39 is 0 Å². The van der Waals surface area contributed by atoms with E-state index in [4.69, 9.17) is 4.42 Å². The van der Waals surface area contributed by atoms with Gasteiger partial charge in [0.25, 0.3) is 0 Å². The quantitative estimate of drug-likeness (QED) is 0.187. The topological polar surface area (TPSA) is 53.9 Å². The standard InChI is InChI=1S/C50H35N3O/c1-30-21-23-35-36-24-26-44-46(37-19-11-12-20-43(37)54-44)50(36)53-41-25-22-34(31-13-5-2-6-14-31)27-39(41)49-47(38(30)28-42(35)53)45(32-15-7-3-8-16-32)40(29-51)48(52-49)33-17-9-4-10-18-33/h2-27,30,45,49,52H,28H2,1H3. The van der Waals surface area contributed by atoms with Crippen LogP contribution in [-0.4, -0.2) is 4.57 Å². The van der Waals surface area contributed by atoms with Crippen LogP contribution < -0.4 is 5.32 Å². The molecule has 11 rings (SSSR count). The fourth-order valence-corrected chi connectivity index (χ4v) is 9.49. The van der Waals surface area contributed by atoms with Gasteiger partial charge in [-0.05, 0) is 64.1 Å². The molecule has 2 bridgehead atoms. The van der Waals surface area contributed by atoms with E-state index in [-0.39, 0.29) is 17.9 Å². The number of aromatic nitrogens is 1. The third kappa shape index (κ3) is 4.42. The first kappa shape index (κ1) is 30.8. The van der Waals surface area contributed by atoms with Crippen molar-refractivity contribution in [3.05, 3.63) is 196 Å². The average Bonchev–Trinajstić information content (AvgIpc) is 3.70. The molecule has 3 unspecified atom stereocenters. The third-order valence-electron chi connectivity index (χ3n) is 11.9. The SMILES string of the molecule is CC1C=Cc2c3n(c4c2ccc2oc5ccccc5c24)-c2ccc(-c4ccccc4)cc2C2NC(c4ccccc4)=C(C#N)C(c4ccccc4)C2=C1C3. The highest BCUT2D eigenvalue weighted by atomic mass is 16.3. The number of benzene rings is 6. The summed E-state index contributed by atoms with van der Waals surface area (Å²) in [4.78, 5) is 0. The fraction of sp³-hybridized carbons (Fsp3) is 0.100. The monoisotopic (exact) mass is 693 g/mol. The highest BCUT2D eigenvalue weighted by Crippen LogP contribution is 2.53. The maximum Gasteiger partial charge on any atom is 0.137 e. The number of nitrogens with one attached hydrogen (secondary N) is 1. The van der Waals surface area contributed by atoms with E-state index in [1.165, 1.54) is 44.4 Å². The van der Waals surface area contributed by atoms with Gasteiger partial charge < -0.3 is 14.3 Å². The highest BCUT2D eigenvalue weighted by Gasteiger charge is 2.42. The maximum atomic E-state index is 11.2. The molecule has 1 N–H and O–H groups in total. The first-order valence-electron chi connectivity index (χ1n) is 18.8. The van der Waals surface area contributed by atoms with Crippen LogP contribution >= 0.6 is 0 Å². The van der Waals surface area contributed by atoms with Gasteiger partial charge in [0, 0.05) is 39.9 Å². The molecule has 2 aliphatic heterocycles. The van der Waals surface area contributed by atoms with Gasteiger partial charge >= 0.3 is 0 Å². The van der Waals surface area contributed by atoms with Crippen molar-refractivity contribution >= 4 is 44.6 Å². The summed E-state index contributed by atoms with van der Waals surface area (Å²) >= 11 is 0. The number of hydrogen-bond donors (Lipinski definition) is 1. The molecule has 256 valence electrons. The van der Waals surface area contributed by atoms with Crippen LogP contribution in [0.3, 0.4) is 0 Å². The summed E-state index contributed by atoms with van der Waals surface area (Å²) < 4.78 is 9.06. The molecule has 0 fully saturated rings. The first-order valence-corrected chi connectivity index (χ1v) is 18.8. The van der Waals surface area contributed by atoms with E-state index in [0.29, 0.717) is 0 Å². The Balaban J connectivity index is 1.32. The maximum absolute atomic E-state index is 11.2. The van der Waals surface area contributed by atoms with Crippen molar-refractivity contribution in [1.82, 2.24) is 9.88 Å². The molecule has 54 heavy (non-hydrogen) atoms. The fourth-order valence-electron chi connectivity index (χ4n) is 9.49. The van der Waals surface area contributed by atoms with Crippen LogP contribution in [0.2, 0.25) is 0 Å². The van der Waals surface area contributed by atoms with Crippen LogP contribution in [0, 0.1) is 17.2 Å². The summed E-state index contributed by atoms with van der Waals surface area (Å²) in [6, 6.07) is 54.0. The normalized spacial score (nSPS) is 18.9. The number of furan rings is 1. The van der Waals surface area contributed by atoms with Gasteiger partial charge in [-0.2, -0.15) is 5.26 Å². The highest BCUT2D eigenvalue weighted by molar-refractivity contribution is 6.20. The van der Waals surface area contributed by atoms with E-state index in [0.717, 1.165) is 62.0 Å². The Kier molecular flexibility index (Phi) is 6.75. The van der Waals surface area contributed by atoms with Crippen LogP contribution in [0.5, 0.6) is 0 Å². The van der Waals surface area contributed by atoms with Crippen molar-refractivity contribution in [3.8, 4) is 22.9 Å². The Morgan fingerprint density at radius 2 is 1.44 bits per heavy atom. The second kappa shape index (κ2) is 11.8. The van der Waals surface area contributed by atoms with Gasteiger partial charge in [0.15, 0.2) is 0 Å². The molecule has 8 aromatic rings. The minimum absolute atomic E-state index is 0.141. The van der Waals surface area contributed by atoms with Crippen LogP contribution in [0.1, 0.15) is 46.8 Å². The van der Waals surface area contributed by atoms with Crippen molar-refractivity contribution in [3.63, 3.8) is 0 Å². The zero-order chi connectivity index (χ0) is 35.9. The molecule has 0 amide bonds. The number of rotatable bonds is 3. The number of nitriles is 1. The Bertz CT molecular complexity index is 2950. The summed E-state index contributed by atoms with van der Waals surface area (Å²) in [5.74, 6) is -0.0966. The zero-order valence-electron chi connectivity index (χ0n) is 29.8. The van der Waals surface area contributed by atoms with Crippen LogP contribution in [0.25, 0.3) is 61.4 Å². The second-order valence-electron chi connectivity index (χ2n) is 14.8. The zero-order valence-corrected chi connectivity index (χ0v) is 29.8. The van der Waals surface area contributed by atoms with E-state index in [1.54, 1.807) is 0 Å². The van der Waals surface area contributed by atoms with Gasteiger partial charge in [-0.1, -0.05) is 140 Å². The Morgan fingerprint density at radius 3 is 2.22 bits per heavy atom. The molecule has 4 heterocycles. The van der Waals surface area contributed by atoms with Crippen molar-refractivity contribution in [2.45, 2.75) is 25.3 Å². The Labute approximate surface area is 313 Å². The molecule has 0 saturated carbocycles. The second-order valence-corrected chi connectivity index (χ2v) is 14.8. The predicted octanol–water partition coefficient (Wildman–Crippen LogP) is 12.1. The largest absolute Gasteiger partial charge is 0.456 e. The van der Waals surface area contributed by atoms with E-state index in [2.05, 4.69) is 168 Å². The van der Waals surface area contributed by atoms with Crippen LogP contribution in [-0.2, 0) is 6.42 Å². The van der Waals surface area contributed by atoms with Crippen molar-refractivity contribution in [1.29, 1.82) is 5.26 Å². The Hall–Kier alpha value is -6.83. The summed E-state index contributed by atoms with van der Waals surface area (Å²) in [7, 11) is 0. The summed E-state index contributed by atoms with van der Waals surface area (Å²) in [6.07, 6.45) is 5.48. The van der Waals surface area contributed by atoms with Crippen LogP contribution in [0.15, 0.2) is 173 Å². The van der Waals surface area contributed by atoms with E-state index in [1.807, 2.05) is 12.1 Å². The van der Waals surface area contributed by atoms with Gasteiger partial charge in [-0.3, -0.25) is 0 Å². The first-order chi connectivity index (χ1) is 26.7. The summed E-state index contributed by atoms with van der Waals surface area (Å²) in [5, 5.41) is 18.7. The van der Waals surface area contributed by atoms with E-state index in [9.17, 15) is 5.26 Å². The van der Waals surface area contributed by atoms with Gasteiger partial charge in [-0.25, -0.2) is 0 Å². The molecule has 4 heteroatoms. The molecule has 3 atom stereocenters. The number of nitrogens with zero attached hydrogens (tertiary/aromatic N) is 2. The molecule has 0 saturated heterocycles. The summed E-state index contributed by atoms with van der Waals surface area (Å²) in [6.45, 7) is 2.32. The predicted molar refractivity (Wildman–Crippen MR) is 219 cm³/mol. The number of allylic oxidation sites excluding steroid dienone is 3. The minimum Gasteiger partial charge on any atom is -0.456 e. The molecular formula is C50H35N3O. The van der Waals surface area contributed by atoms with Crippen LogP contribution in [0.4, 0.5) is 0 Å². The lowest BCUT2D eigenvalue weighted by Crippen LogP contribution is -2.35. The lowest BCUT2D eigenvalue weighted by atomic mass is 9.70. The average molecular weight is 694 g/mol. The van der Waals surface area contributed by atoms with Gasteiger partial charge in [-0.15, -0.1) is 0 Å². The van der Waals surface area contributed by atoms with Crippen molar-refractivity contribution in [2.24, 2.45) is 5.92 Å². The summed E-state index contributed by atoms with van der Waals surface area (Å²) in [5.41, 5.74) is 16.5. The molecule has 2 aromatic heterocycles. The van der Waals surface area contributed by atoms with Crippen molar-refractivity contribution < 1.29 is 4.42 Å². The molecule has 1 aliphatic carbocycles.